The van der Waals surface area contributed by atoms with Gasteiger partial charge in [0.1, 0.15) is 5.00 Å². The molecule has 27 heavy (non-hydrogen) atoms. The number of likely N-dealkylation sites (tertiary alicyclic amines) is 1. The van der Waals surface area contributed by atoms with Crippen LogP contribution in [0.2, 0.25) is 0 Å². The van der Waals surface area contributed by atoms with E-state index in [-0.39, 0.29) is 11.8 Å². The first kappa shape index (κ1) is 18.2. The van der Waals surface area contributed by atoms with Gasteiger partial charge in [-0.15, -0.1) is 11.3 Å². The van der Waals surface area contributed by atoms with Crippen molar-refractivity contribution < 1.29 is 9.59 Å². The summed E-state index contributed by atoms with van der Waals surface area (Å²) in [4.78, 5) is 29.3. The number of nitrogens with one attached hydrogen (secondary N) is 1. The topological polar surface area (TPSA) is 49.4 Å². The average molecular weight is 383 g/mol. The first-order chi connectivity index (χ1) is 13.1. The van der Waals surface area contributed by atoms with Crippen LogP contribution in [0.4, 0.5) is 5.00 Å². The number of carbonyl (C=O) groups is 2. The fourth-order valence-corrected chi connectivity index (χ4v) is 5.29. The van der Waals surface area contributed by atoms with Crippen molar-refractivity contribution in [2.24, 2.45) is 0 Å². The van der Waals surface area contributed by atoms with Gasteiger partial charge < -0.3 is 10.2 Å². The lowest BCUT2D eigenvalue weighted by Crippen LogP contribution is -2.29. The molecule has 0 radical (unpaired) electrons. The molecule has 0 saturated carbocycles. The second-order valence-corrected chi connectivity index (χ2v) is 8.69. The van der Waals surface area contributed by atoms with Crippen LogP contribution in [0.25, 0.3) is 0 Å². The van der Waals surface area contributed by atoms with E-state index in [1.165, 1.54) is 16.9 Å². The predicted octanol–water partition coefficient (Wildman–Crippen LogP) is 4.81. The minimum absolute atomic E-state index is 0.103. The molecule has 1 aromatic carbocycles. The molecular weight excluding hydrogens is 356 g/mol. The zero-order valence-corrected chi connectivity index (χ0v) is 16.7. The molecule has 0 bridgehead atoms. The van der Waals surface area contributed by atoms with Crippen molar-refractivity contribution in [2.45, 2.75) is 51.9 Å². The number of hydrogen-bond donors (Lipinski definition) is 1. The van der Waals surface area contributed by atoms with Crippen LogP contribution in [0.3, 0.4) is 0 Å². The van der Waals surface area contributed by atoms with Gasteiger partial charge in [-0.2, -0.15) is 0 Å². The van der Waals surface area contributed by atoms with Crippen molar-refractivity contribution >= 4 is 28.2 Å². The molecule has 2 aromatic rings. The Morgan fingerprint density at radius 3 is 2.41 bits per heavy atom. The molecule has 1 N–H and O–H groups in total. The molecule has 1 aromatic heterocycles. The molecule has 5 heteroatoms. The first-order valence-corrected chi connectivity index (χ1v) is 10.8. The summed E-state index contributed by atoms with van der Waals surface area (Å²) in [6.45, 7) is 3.66. The number of amides is 2. The smallest absolute Gasteiger partial charge is 0.257 e. The molecule has 2 heterocycles. The lowest BCUT2D eigenvalue weighted by atomic mass is 10.0. The molecule has 4 rings (SSSR count). The SMILES string of the molecule is Cc1ccc(C(=O)Nc2sc3c(c2C(=O)N2CCCC2)CCCCC3)cc1. The monoisotopic (exact) mass is 382 g/mol. The third-order valence-electron chi connectivity index (χ3n) is 5.57. The van der Waals surface area contributed by atoms with E-state index in [0.29, 0.717) is 5.56 Å². The van der Waals surface area contributed by atoms with E-state index < -0.39 is 0 Å². The molecule has 142 valence electrons. The summed E-state index contributed by atoms with van der Waals surface area (Å²) >= 11 is 1.61. The van der Waals surface area contributed by atoms with Crippen molar-refractivity contribution in [1.82, 2.24) is 4.90 Å². The van der Waals surface area contributed by atoms with E-state index in [1.807, 2.05) is 36.1 Å². The summed E-state index contributed by atoms with van der Waals surface area (Å²) in [6, 6.07) is 7.56. The number of aryl methyl sites for hydroxylation is 2. The van der Waals surface area contributed by atoms with Gasteiger partial charge in [0, 0.05) is 23.5 Å². The van der Waals surface area contributed by atoms with Crippen LogP contribution in [0.1, 0.15) is 68.8 Å². The number of hydrogen-bond acceptors (Lipinski definition) is 3. The van der Waals surface area contributed by atoms with E-state index in [9.17, 15) is 9.59 Å². The maximum Gasteiger partial charge on any atom is 0.257 e. The Balaban J connectivity index is 1.67. The Morgan fingerprint density at radius 2 is 1.67 bits per heavy atom. The first-order valence-electron chi connectivity index (χ1n) is 9.95. The van der Waals surface area contributed by atoms with Crippen LogP contribution in [-0.2, 0) is 12.8 Å². The number of fused-ring (bicyclic) bond motifs is 1. The highest BCUT2D eigenvalue weighted by molar-refractivity contribution is 7.17. The summed E-state index contributed by atoms with van der Waals surface area (Å²) in [5, 5.41) is 3.80. The van der Waals surface area contributed by atoms with E-state index in [2.05, 4.69) is 5.32 Å². The Hall–Kier alpha value is -2.14. The van der Waals surface area contributed by atoms with Gasteiger partial charge in [-0.1, -0.05) is 24.1 Å². The second kappa shape index (κ2) is 7.85. The molecule has 2 amide bonds. The number of benzene rings is 1. The standard InChI is InChI=1S/C22H26N2O2S/c1-15-9-11-16(12-10-15)20(25)23-21-19(22(26)24-13-5-6-14-24)17-7-3-2-4-8-18(17)27-21/h9-12H,2-8,13-14H2,1H3,(H,23,25). The summed E-state index contributed by atoms with van der Waals surface area (Å²) in [5.74, 6) is -0.0343. The van der Waals surface area contributed by atoms with Crippen LogP contribution in [0.5, 0.6) is 0 Å². The minimum Gasteiger partial charge on any atom is -0.339 e. The van der Waals surface area contributed by atoms with Gasteiger partial charge in [-0.3, -0.25) is 9.59 Å². The lowest BCUT2D eigenvalue weighted by Gasteiger charge is -2.17. The summed E-state index contributed by atoms with van der Waals surface area (Å²) in [5.41, 5.74) is 3.70. The zero-order chi connectivity index (χ0) is 18.8. The molecule has 1 fully saturated rings. The van der Waals surface area contributed by atoms with Crippen LogP contribution >= 0.6 is 11.3 Å². The van der Waals surface area contributed by atoms with Crippen molar-refractivity contribution in [3.8, 4) is 0 Å². The fourth-order valence-electron chi connectivity index (χ4n) is 4.02. The molecule has 0 spiro atoms. The van der Waals surface area contributed by atoms with E-state index >= 15 is 0 Å². The number of rotatable bonds is 3. The number of carbonyl (C=O) groups excluding carboxylic acids is 2. The Labute approximate surface area is 164 Å². The van der Waals surface area contributed by atoms with E-state index in [1.54, 1.807) is 11.3 Å². The number of nitrogens with zero attached hydrogens (tertiary/aromatic N) is 1. The third kappa shape index (κ3) is 3.79. The van der Waals surface area contributed by atoms with Crippen molar-refractivity contribution in [3.63, 3.8) is 0 Å². The van der Waals surface area contributed by atoms with Gasteiger partial charge in [-0.25, -0.2) is 0 Å². The molecule has 1 aliphatic carbocycles. The molecule has 4 nitrogen and oxygen atoms in total. The van der Waals surface area contributed by atoms with Crippen LogP contribution in [0, 0.1) is 6.92 Å². The van der Waals surface area contributed by atoms with Gasteiger partial charge in [-0.05, 0) is 63.1 Å². The Bertz CT molecular complexity index is 848. The van der Waals surface area contributed by atoms with Gasteiger partial charge in [0.05, 0.1) is 5.56 Å². The molecule has 0 unspecified atom stereocenters. The fraction of sp³-hybridized carbons (Fsp3) is 0.455. The lowest BCUT2D eigenvalue weighted by molar-refractivity contribution is 0.0793. The predicted molar refractivity (Wildman–Crippen MR) is 110 cm³/mol. The Kier molecular flexibility index (Phi) is 5.30. The van der Waals surface area contributed by atoms with Crippen LogP contribution < -0.4 is 5.32 Å². The van der Waals surface area contributed by atoms with Crippen LogP contribution in [-0.4, -0.2) is 29.8 Å². The molecule has 1 aliphatic heterocycles. The van der Waals surface area contributed by atoms with Crippen molar-refractivity contribution in [1.29, 1.82) is 0 Å². The van der Waals surface area contributed by atoms with Crippen molar-refractivity contribution in [2.75, 3.05) is 18.4 Å². The normalized spacial score (nSPS) is 16.7. The summed E-state index contributed by atoms with van der Waals surface area (Å²) < 4.78 is 0. The van der Waals surface area contributed by atoms with Gasteiger partial charge in [0.15, 0.2) is 0 Å². The molecule has 1 saturated heterocycles. The Morgan fingerprint density at radius 1 is 0.963 bits per heavy atom. The third-order valence-corrected chi connectivity index (χ3v) is 6.78. The zero-order valence-electron chi connectivity index (χ0n) is 15.8. The largest absolute Gasteiger partial charge is 0.339 e. The number of anilines is 1. The molecule has 2 aliphatic rings. The van der Waals surface area contributed by atoms with Gasteiger partial charge in [0.2, 0.25) is 0 Å². The second-order valence-electron chi connectivity index (χ2n) is 7.59. The minimum atomic E-state index is -0.137. The summed E-state index contributed by atoms with van der Waals surface area (Å²) in [6.07, 6.45) is 7.60. The highest BCUT2D eigenvalue weighted by Gasteiger charge is 2.30. The van der Waals surface area contributed by atoms with Gasteiger partial charge in [0.25, 0.3) is 11.8 Å². The average Bonchev–Trinajstić information content (AvgIpc) is 3.25. The molecular formula is C22H26N2O2S. The number of thiophene rings is 1. The maximum atomic E-state index is 13.3. The maximum absolute atomic E-state index is 13.3. The van der Waals surface area contributed by atoms with Crippen molar-refractivity contribution in [3.05, 3.63) is 51.4 Å². The molecule has 0 atom stereocenters. The van der Waals surface area contributed by atoms with E-state index in [0.717, 1.165) is 67.7 Å². The highest BCUT2D eigenvalue weighted by Crippen LogP contribution is 2.39. The van der Waals surface area contributed by atoms with E-state index in [4.69, 9.17) is 0 Å². The quantitative estimate of drug-likeness (QED) is 0.774. The van der Waals surface area contributed by atoms with Crippen LogP contribution in [0.15, 0.2) is 24.3 Å². The van der Waals surface area contributed by atoms with Gasteiger partial charge >= 0.3 is 0 Å². The highest BCUT2D eigenvalue weighted by atomic mass is 32.1. The summed E-state index contributed by atoms with van der Waals surface area (Å²) in [7, 11) is 0.